The number of hydrogen-bond donors (Lipinski definition) is 0. The van der Waals surface area contributed by atoms with E-state index in [1.165, 1.54) is 17.0 Å². The quantitative estimate of drug-likeness (QED) is 0.141. The fourth-order valence-electron chi connectivity index (χ4n) is 15.9. The van der Waals surface area contributed by atoms with Crippen LogP contribution < -0.4 is 26.2 Å². The number of anilines is 6. The molecule has 0 unspecified atom stereocenters. The summed E-state index contributed by atoms with van der Waals surface area (Å²) in [6.45, 7) is 19.2. The SMILES string of the molecule is [2H]c1c([2H])c(-n2c3ccccc3c3[se]c4ccccc4c32)c([2H])c2c1B1c3c(cc(C(C)(C)C)cc3N(c3c(-c4ccccc4)cc(C(C)(C)C)cc3-c3ccccc3)c3c([2H])c(-n4c5ccccc5c5[se]c6ccccc6c54)c([2H])c([2H])c31)N2c1c(-c2ccccc2)cc(C(C)(C)C)cc1-c1ccccc1. The zero-order chi connectivity index (χ0) is 73.6. The van der Waals surface area contributed by atoms with Crippen molar-refractivity contribution in [1.82, 2.24) is 9.13 Å². The minimum absolute atomic E-state index is 0.0439. The summed E-state index contributed by atoms with van der Waals surface area (Å²) in [6, 6.07) is 89.7. The molecule has 0 saturated heterocycles. The van der Waals surface area contributed by atoms with E-state index in [9.17, 15) is 8.22 Å². The summed E-state index contributed by atoms with van der Waals surface area (Å²) in [4.78, 5) is 4.61. The minimum atomic E-state index is -1.10. The molecular weight excluding hydrogens is 1350 g/mol. The van der Waals surface area contributed by atoms with Gasteiger partial charge in [-0.2, -0.15) is 0 Å². The molecule has 486 valence electrons. The van der Waals surface area contributed by atoms with E-state index in [0.29, 0.717) is 22.3 Å². The predicted molar refractivity (Wildman–Crippen MR) is 436 cm³/mol. The van der Waals surface area contributed by atoms with Crippen LogP contribution in [0.15, 0.2) is 291 Å². The van der Waals surface area contributed by atoms with E-state index in [1.807, 2.05) is 12.1 Å². The average molecular weight is 1440 g/mol. The van der Waals surface area contributed by atoms with Crippen molar-refractivity contribution in [3.63, 3.8) is 0 Å². The topological polar surface area (TPSA) is 16.3 Å². The Morgan fingerprint density at radius 2 is 0.634 bits per heavy atom. The molecule has 0 fully saturated rings. The van der Waals surface area contributed by atoms with E-state index < -0.39 is 12.1 Å². The van der Waals surface area contributed by atoms with Crippen LogP contribution in [0, 0.1) is 0 Å². The zero-order valence-electron chi connectivity index (χ0n) is 63.9. The Hall–Kier alpha value is -10.4. The van der Waals surface area contributed by atoms with Gasteiger partial charge < -0.3 is 0 Å². The third kappa shape index (κ3) is 9.76. The number of rotatable bonds is 8. The van der Waals surface area contributed by atoms with Crippen LogP contribution in [0.25, 0.3) is 117 Å². The van der Waals surface area contributed by atoms with E-state index in [4.69, 9.17) is 0 Å². The number of para-hydroxylation sites is 2. The molecule has 0 saturated carbocycles. The molecule has 0 N–H and O–H groups in total. The van der Waals surface area contributed by atoms with Crippen molar-refractivity contribution in [2.75, 3.05) is 9.80 Å². The summed E-state index contributed by atoms with van der Waals surface area (Å²) in [5.74, 6) is 0. The fraction of sp³-hybridized carbons (Fsp3) is 0.128. The maximum absolute atomic E-state index is 11.8. The van der Waals surface area contributed by atoms with Crippen LogP contribution >= 0.6 is 0 Å². The number of hydrogen-bond acceptors (Lipinski definition) is 2. The third-order valence-electron chi connectivity index (χ3n) is 21.0. The third-order valence-corrected chi connectivity index (χ3v) is 26.0. The molecule has 17 aromatic rings. The summed E-state index contributed by atoms with van der Waals surface area (Å²) in [7, 11) is 0. The van der Waals surface area contributed by atoms with Crippen LogP contribution in [0.2, 0.25) is 0 Å². The van der Waals surface area contributed by atoms with Gasteiger partial charge in [-0.3, -0.25) is 0 Å². The van der Waals surface area contributed by atoms with Crippen LogP contribution in [0.3, 0.4) is 0 Å². The van der Waals surface area contributed by atoms with Gasteiger partial charge in [-0.1, -0.05) is 65.8 Å². The summed E-state index contributed by atoms with van der Waals surface area (Å²) in [5.41, 5.74) is 18.8. The second-order valence-corrected chi connectivity index (χ2v) is 34.7. The summed E-state index contributed by atoms with van der Waals surface area (Å²) < 4.78 is 77.9. The van der Waals surface area contributed by atoms with Crippen molar-refractivity contribution in [1.29, 1.82) is 0 Å². The number of aromatic nitrogens is 2. The van der Waals surface area contributed by atoms with Gasteiger partial charge >= 0.3 is 550 Å². The molecule has 101 heavy (non-hydrogen) atoms. The fourth-order valence-corrected chi connectivity index (χ4v) is 21.0. The molecule has 0 aliphatic carbocycles. The molecule has 0 bridgehead atoms. The van der Waals surface area contributed by atoms with Gasteiger partial charge in [-0.25, -0.2) is 0 Å². The Labute approximate surface area is 612 Å². The number of nitrogens with zero attached hydrogens (tertiary/aromatic N) is 4. The van der Waals surface area contributed by atoms with Gasteiger partial charge in [0.05, 0.1) is 0 Å². The summed E-state index contributed by atoms with van der Waals surface area (Å²) in [6.07, 6.45) is 0. The van der Waals surface area contributed by atoms with Crippen molar-refractivity contribution in [2.45, 2.75) is 78.6 Å². The van der Waals surface area contributed by atoms with Gasteiger partial charge in [0.25, 0.3) is 0 Å². The molecule has 2 aliphatic heterocycles. The molecule has 6 heterocycles. The monoisotopic (exact) mass is 1440 g/mol. The van der Waals surface area contributed by atoms with Crippen LogP contribution in [0.1, 0.15) is 87.2 Å². The van der Waals surface area contributed by atoms with Crippen molar-refractivity contribution < 1.29 is 8.22 Å². The Kier molecular flexibility index (Phi) is 12.7. The van der Waals surface area contributed by atoms with E-state index in [0.717, 1.165) is 133 Å². The van der Waals surface area contributed by atoms with Gasteiger partial charge in [-0.15, -0.1) is 0 Å². The van der Waals surface area contributed by atoms with Crippen LogP contribution in [0.5, 0.6) is 0 Å². The van der Waals surface area contributed by atoms with Crippen LogP contribution in [0.4, 0.5) is 34.1 Å². The normalized spacial score (nSPS) is 14.0. The summed E-state index contributed by atoms with van der Waals surface area (Å²) >= 11 is -0.218. The molecular formula is C94H75BN4Se2. The Bertz CT molecular complexity index is 6070. The molecule has 0 spiro atoms. The molecule has 4 aromatic heterocycles. The van der Waals surface area contributed by atoms with Crippen LogP contribution in [-0.4, -0.2) is 44.9 Å². The first kappa shape index (κ1) is 55.4. The Balaban J connectivity index is 1.06. The first-order valence-corrected chi connectivity index (χ1v) is 38.5. The first-order valence-electron chi connectivity index (χ1n) is 38.0. The Morgan fingerprint density at radius 1 is 0.327 bits per heavy atom. The van der Waals surface area contributed by atoms with Gasteiger partial charge in [0.1, 0.15) is 0 Å². The second-order valence-electron chi connectivity index (χ2n) is 30.3. The van der Waals surface area contributed by atoms with E-state index in [1.54, 1.807) is 0 Å². The number of benzene rings is 13. The van der Waals surface area contributed by atoms with E-state index in [-0.39, 0.29) is 87.5 Å². The average Bonchev–Trinajstić information content (AvgIpc) is 0.864. The second kappa shape index (κ2) is 23.1. The van der Waals surface area contributed by atoms with Gasteiger partial charge in [-0.05, 0) is 0 Å². The van der Waals surface area contributed by atoms with E-state index in [2.05, 4.69) is 324 Å². The molecule has 4 nitrogen and oxygen atoms in total. The van der Waals surface area contributed by atoms with Crippen molar-refractivity contribution in [3.05, 3.63) is 308 Å². The van der Waals surface area contributed by atoms with Gasteiger partial charge in [0, 0.05) is 0 Å². The maximum atomic E-state index is 11.8. The van der Waals surface area contributed by atoms with Crippen molar-refractivity contribution >= 4 is 147 Å². The molecule has 2 aliphatic rings. The van der Waals surface area contributed by atoms with Crippen LogP contribution in [-0.2, 0) is 16.2 Å². The van der Waals surface area contributed by atoms with Crippen molar-refractivity contribution in [3.8, 4) is 55.9 Å². The molecule has 0 radical (unpaired) electrons. The van der Waals surface area contributed by atoms with Gasteiger partial charge in [0.15, 0.2) is 0 Å². The zero-order valence-corrected chi connectivity index (χ0v) is 61.4. The van der Waals surface area contributed by atoms with Gasteiger partial charge in [0.2, 0.25) is 0 Å². The van der Waals surface area contributed by atoms with Crippen molar-refractivity contribution in [2.24, 2.45) is 0 Å². The standard InChI is InChI=1S/C94H75BN4Se2/c1-92(2,3)62-50-71(58-30-14-10-15-31-58)86(72(51-62)59-32-16-11-17-33-59)98-79-56-65(96-77-42-26-22-38-67(77)90-88(96)69-40-24-28-44-83(69)100-90)46-48-75(79)95-76-49-47-66(97-78-43-27-23-39-68(78)91-89(97)70-41-25-29-45-84(70)101-91)57-80(76)99(82-55-64(94(7,8)9)54-81(98)85(82)95)87-73(60-34-18-12-19-35-60)52-63(93(4,5)6)53-74(87)61-36-20-13-21-37-61/h10-57H,1-9H3/i46D,47D,48D,49D,56D,57D. The Morgan fingerprint density at radius 3 is 0.980 bits per heavy atom. The predicted octanol–water partition coefficient (Wildman–Crippen LogP) is 22.9. The molecule has 19 rings (SSSR count). The molecule has 7 heteroatoms. The molecule has 0 amide bonds. The summed E-state index contributed by atoms with van der Waals surface area (Å²) in [5, 5.41) is 4.19. The first-order chi connectivity index (χ1) is 51.6. The number of fused-ring (bicyclic) bond motifs is 14. The molecule has 13 aromatic carbocycles. The molecule has 0 atom stereocenters. The van der Waals surface area contributed by atoms with E-state index >= 15 is 0 Å².